The Morgan fingerprint density at radius 2 is 1.01 bits per heavy atom. The molecule has 2 aliphatic heterocycles. The summed E-state index contributed by atoms with van der Waals surface area (Å²) >= 11 is 0. The molecule has 2 aliphatic rings. The number of nitrogens with zero attached hydrogens (tertiary/aromatic N) is 4. The van der Waals surface area contributed by atoms with Gasteiger partial charge in [0.2, 0.25) is 24.7 Å². The maximum atomic E-state index is 12.4. The number of aliphatic carboxylic acids is 4. The van der Waals surface area contributed by atoms with E-state index in [1.807, 2.05) is 0 Å². The third-order valence-electron chi connectivity index (χ3n) is 10.1. The van der Waals surface area contributed by atoms with Crippen molar-refractivity contribution >= 4 is 133 Å². The summed E-state index contributed by atoms with van der Waals surface area (Å²) in [4.78, 5) is 131. The third kappa shape index (κ3) is 15.0. The minimum absolute atomic E-state index is 0. The van der Waals surface area contributed by atoms with Gasteiger partial charge in [0.15, 0.2) is 11.6 Å². The Hall–Kier alpha value is -7.98. The quantitative estimate of drug-likeness (QED) is 0.0293. The van der Waals surface area contributed by atoms with Crippen LogP contribution >= 0.6 is 0 Å². The molecule has 360 valence electrons. The second kappa shape index (κ2) is 24.7. The Balaban J connectivity index is 0.000000296. The SMILES string of the molecule is Nc1nc2c(c(=O)[nH]1)NC(CN(C=O)c1ccc(C(=O)N[C@@H](CCC(=O)[O-])C(=O)O)cc1)CN2.Nc1nc2c(c(=O)[nH]1)NC(CN(C=O)c1ccc(C(=O)N[C@@H](CCC(=O)[O-])C(=O)O)cc1)CN2.[Ca+2]. The van der Waals surface area contributed by atoms with Crippen LogP contribution in [0.15, 0.2) is 58.1 Å². The Kier molecular flexibility index (Phi) is 19.2. The van der Waals surface area contributed by atoms with Crippen LogP contribution in [0, 0.1) is 0 Å². The number of aromatic nitrogens is 4. The number of hydrogen-bond donors (Lipinski definition) is 12. The van der Waals surface area contributed by atoms with E-state index >= 15 is 0 Å². The van der Waals surface area contributed by atoms with Crippen LogP contribution in [0.5, 0.6) is 0 Å². The van der Waals surface area contributed by atoms with Crippen LogP contribution in [0.25, 0.3) is 0 Å². The summed E-state index contributed by atoms with van der Waals surface area (Å²) in [6, 6.07) is 8.14. The van der Waals surface area contributed by atoms with Gasteiger partial charge in [-0.3, -0.25) is 38.7 Å². The Labute approximate surface area is 418 Å². The summed E-state index contributed by atoms with van der Waals surface area (Å²) in [5, 5.41) is 56.0. The molecule has 0 radical (unpaired) electrons. The second-order valence-corrected chi connectivity index (χ2v) is 15.0. The van der Waals surface area contributed by atoms with E-state index < -0.39 is 71.7 Å². The van der Waals surface area contributed by atoms with Gasteiger partial charge in [-0.1, -0.05) is 0 Å². The zero-order valence-electron chi connectivity index (χ0n) is 36.2. The summed E-state index contributed by atoms with van der Waals surface area (Å²) in [5.74, 6) is -6.44. The monoisotopic (exact) mass is 984 g/mol. The van der Waals surface area contributed by atoms with Crippen LogP contribution in [0.1, 0.15) is 46.4 Å². The average Bonchev–Trinajstić information content (AvgIpc) is 3.30. The minimum atomic E-state index is -1.42. The number of nitrogen functional groups attached to an aromatic ring is 2. The molecule has 0 saturated carbocycles. The average molecular weight is 985 g/mol. The molecule has 2 unspecified atom stereocenters. The number of nitrogens with two attached hydrogens (primary N) is 2. The van der Waals surface area contributed by atoms with Crippen molar-refractivity contribution in [1.29, 1.82) is 0 Å². The number of hydrogen-bond acceptors (Lipinski definition) is 20. The van der Waals surface area contributed by atoms with Gasteiger partial charge in [-0.25, -0.2) is 9.59 Å². The van der Waals surface area contributed by atoms with E-state index in [9.17, 15) is 58.2 Å². The van der Waals surface area contributed by atoms with Crippen LogP contribution in [0.3, 0.4) is 0 Å². The zero-order chi connectivity index (χ0) is 49.7. The summed E-state index contributed by atoms with van der Waals surface area (Å²) < 4.78 is 0. The summed E-state index contributed by atoms with van der Waals surface area (Å²) in [6.45, 7) is 1.07. The topological polar surface area (TPSA) is 445 Å². The van der Waals surface area contributed by atoms with E-state index in [2.05, 4.69) is 51.8 Å². The predicted octanol–water partition coefficient (Wildman–Crippen LogP) is -4.51. The van der Waals surface area contributed by atoms with Crippen LogP contribution in [0.2, 0.25) is 0 Å². The van der Waals surface area contributed by atoms with Crippen molar-refractivity contribution in [3.63, 3.8) is 0 Å². The number of amides is 4. The number of carboxylic acid groups (broad SMARTS) is 4. The van der Waals surface area contributed by atoms with E-state index in [1.165, 1.54) is 58.3 Å². The van der Waals surface area contributed by atoms with E-state index in [0.717, 1.165) is 0 Å². The minimum Gasteiger partial charge on any atom is -0.550 e. The molecule has 0 spiro atoms. The molecule has 0 saturated heterocycles. The summed E-state index contributed by atoms with van der Waals surface area (Å²) in [6.07, 6.45) is -0.493. The fraction of sp³-hybridized carbons (Fsp3) is 0.300. The molecule has 0 fully saturated rings. The first-order valence-electron chi connectivity index (χ1n) is 20.3. The molecule has 14 N–H and O–H groups in total. The first kappa shape index (κ1) is 53.6. The van der Waals surface area contributed by atoms with E-state index in [4.69, 9.17) is 21.7 Å². The van der Waals surface area contributed by atoms with Crippen molar-refractivity contribution in [2.24, 2.45) is 0 Å². The van der Waals surface area contributed by atoms with Gasteiger partial charge in [-0.15, -0.1) is 0 Å². The fourth-order valence-electron chi connectivity index (χ4n) is 6.70. The van der Waals surface area contributed by atoms with Crippen LogP contribution < -0.4 is 74.5 Å². The predicted molar refractivity (Wildman–Crippen MR) is 242 cm³/mol. The standard InChI is InChI=1S/2C20H23N7O7.Ca/c2*21-20-25-16-15(18(32)26-20)23-11(7-22-16)8-27(9-28)12-3-1-10(2-4-12)17(31)24-13(19(33)34)5-6-14(29)30;/h2*1-4,9,11,13,23H,5-8H2,(H,24,31)(H,29,30)(H,33,34)(H4,21,22,25,26,32);/q;;+2/p-2/t2*11?,13-;/m00./s1. The molecule has 4 atom stereocenters. The number of aromatic amines is 2. The van der Waals surface area contributed by atoms with Crippen molar-refractivity contribution in [3.05, 3.63) is 80.4 Å². The molecule has 2 aromatic heterocycles. The molecule has 6 rings (SSSR count). The molecule has 0 bridgehead atoms. The van der Waals surface area contributed by atoms with E-state index in [1.54, 1.807) is 0 Å². The van der Waals surface area contributed by atoms with Crippen molar-refractivity contribution < 1.29 is 58.8 Å². The molecule has 2 aromatic carbocycles. The number of H-pyrrole nitrogens is 2. The molecule has 4 heterocycles. The molecule has 4 aromatic rings. The molecule has 0 aliphatic carbocycles. The van der Waals surface area contributed by atoms with Gasteiger partial charge in [0.1, 0.15) is 23.5 Å². The molecular formula is C40H44CaN14O14. The normalized spacial score (nSPS) is 14.9. The van der Waals surface area contributed by atoms with Gasteiger partial charge in [0.05, 0.1) is 12.1 Å². The van der Waals surface area contributed by atoms with Gasteiger partial charge in [0, 0.05) is 60.6 Å². The smallest absolute Gasteiger partial charge is 0.550 e. The Morgan fingerprint density at radius 1 is 0.667 bits per heavy atom. The molecule has 4 amide bonds. The molecule has 69 heavy (non-hydrogen) atoms. The first-order chi connectivity index (χ1) is 32.3. The van der Waals surface area contributed by atoms with E-state index in [0.29, 0.717) is 48.9 Å². The van der Waals surface area contributed by atoms with E-state index in [-0.39, 0.29) is 110 Å². The Bertz CT molecular complexity index is 2490. The number of carboxylic acids is 4. The van der Waals surface area contributed by atoms with Gasteiger partial charge in [-0.05, 0) is 74.2 Å². The number of nitrogens with one attached hydrogen (secondary N) is 8. The number of rotatable bonds is 20. The number of carbonyl (C=O) groups is 8. The zero-order valence-corrected chi connectivity index (χ0v) is 38.4. The summed E-state index contributed by atoms with van der Waals surface area (Å²) in [5.41, 5.74) is 11.7. The molecule has 29 heteroatoms. The number of carbonyl (C=O) groups excluding carboxylic acids is 6. The molecular weight excluding hydrogens is 941 g/mol. The van der Waals surface area contributed by atoms with Crippen molar-refractivity contribution in [2.75, 3.05) is 68.7 Å². The van der Waals surface area contributed by atoms with Crippen molar-refractivity contribution in [3.8, 4) is 0 Å². The summed E-state index contributed by atoms with van der Waals surface area (Å²) in [7, 11) is 0. The number of benzene rings is 2. The largest absolute Gasteiger partial charge is 2.00 e. The van der Waals surface area contributed by atoms with Crippen molar-refractivity contribution in [2.45, 2.75) is 49.9 Å². The number of anilines is 8. The second-order valence-electron chi connectivity index (χ2n) is 15.0. The maximum Gasteiger partial charge on any atom is 2.00 e. The van der Waals surface area contributed by atoms with Gasteiger partial charge in [0.25, 0.3) is 22.9 Å². The van der Waals surface area contributed by atoms with Gasteiger partial charge >= 0.3 is 49.7 Å². The first-order valence-corrected chi connectivity index (χ1v) is 20.3. The van der Waals surface area contributed by atoms with Crippen molar-refractivity contribution in [1.82, 2.24) is 30.6 Å². The van der Waals surface area contributed by atoms with Gasteiger partial charge in [-0.2, -0.15) is 9.97 Å². The maximum absolute atomic E-state index is 12.4. The van der Waals surface area contributed by atoms with Crippen LogP contribution in [-0.4, -0.2) is 167 Å². The third-order valence-corrected chi connectivity index (χ3v) is 10.1. The number of fused-ring (bicyclic) bond motifs is 2. The van der Waals surface area contributed by atoms with Crippen LogP contribution in [0.4, 0.5) is 46.3 Å². The fourth-order valence-corrected chi connectivity index (χ4v) is 6.70. The van der Waals surface area contributed by atoms with Crippen LogP contribution in [-0.2, 0) is 28.8 Å². The molecule has 28 nitrogen and oxygen atoms in total. The van der Waals surface area contributed by atoms with Gasteiger partial charge < -0.3 is 83.2 Å². The Morgan fingerprint density at radius 3 is 1.32 bits per heavy atom.